The standard InChI is InChI=1S/C18H27N5/c1-14-4-6-16(7-5-14)17(22(2)3)12-19-10-15-11-20-18-8-9-21-23(18)13-15/h4-9,15,17,19-20H,10-13H2,1-3H3/t15-,17+/m1/s1. The zero-order valence-corrected chi connectivity index (χ0v) is 14.3. The lowest BCUT2D eigenvalue weighted by molar-refractivity contribution is 0.279. The summed E-state index contributed by atoms with van der Waals surface area (Å²) < 4.78 is 2.05. The lowest BCUT2D eigenvalue weighted by Crippen LogP contribution is -2.38. The summed E-state index contributed by atoms with van der Waals surface area (Å²) in [6.45, 7) is 6.09. The lowest BCUT2D eigenvalue weighted by atomic mass is 10.0. The van der Waals surface area contributed by atoms with Crippen LogP contribution in [0.2, 0.25) is 0 Å². The van der Waals surface area contributed by atoms with Gasteiger partial charge in [0.1, 0.15) is 5.82 Å². The van der Waals surface area contributed by atoms with Crippen LogP contribution in [0.1, 0.15) is 17.2 Å². The highest BCUT2D eigenvalue weighted by Gasteiger charge is 2.19. The van der Waals surface area contributed by atoms with Crippen LogP contribution in [0.4, 0.5) is 5.82 Å². The molecule has 0 saturated carbocycles. The zero-order valence-electron chi connectivity index (χ0n) is 14.3. The van der Waals surface area contributed by atoms with Gasteiger partial charge < -0.3 is 15.5 Å². The highest BCUT2D eigenvalue weighted by molar-refractivity contribution is 5.35. The average Bonchev–Trinajstić information content (AvgIpc) is 3.00. The Morgan fingerprint density at radius 1 is 1.30 bits per heavy atom. The molecule has 2 N–H and O–H groups in total. The fraction of sp³-hybridized carbons (Fsp3) is 0.500. The highest BCUT2D eigenvalue weighted by Crippen LogP contribution is 2.19. The van der Waals surface area contributed by atoms with Gasteiger partial charge in [0.2, 0.25) is 0 Å². The molecular weight excluding hydrogens is 286 g/mol. The van der Waals surface area contributed by atoms with Crippen molar-refractivity contribution in [1.29, 1.82) is 0 Å². The van der Waals surface area contributed by atoms with Gasteiger partial charge in [-0.3, -0.25) is 0 Å². The van der Waals surface area contributed by atoms with Crippen LogP contribution in [0.15, 0.2) is 36.5 Å². The van der Waals surface area contributed by atoms with Gasteiger partial charge in [-0.2, -0.15) is 5.10 Å². The number of hydrogen-bond donors (Lipinski definition) is 2. The van der Waals surface area contributed by atoms with Crippen molar-refractivity contribution in [2.75, 3.05) is 39.0 Å². The molecule has 124 valence electrons. The van der Waals surface area contributed by atoms with E-state index in [1.54, 1.807) is 0 Å². The molecule has 0 fully saturated rings. The summed E-state index contributed by atoms with van der Waals surface area (Å²) in [4.78, 5) is 2.28. The monoisotopic (exact) mass is 313 g/mol. The third kappa shape index (κ3) is 3.92. The molecule has 0 saturated heterocycles. The first kappa shape index (κ1) is 16.0. The van der Waals surface area contributed by atoms with E-state index in [4.69, 9.17) is 0 Å². The minimum atomic E-state index is 0.396. The van der Waals surface area contributed by atoms with E-state index in [1.165, 1.54) is 11.1 Å². The van der Waals surface area contributed by atoms with Gasteiger partial charge in [0.15, 0.2) is 0 Å². The molecule has 2 heterocycles. The zero-order chi connectivity index (χ0) is 16.2. The van der Waals surface area contributed by atoms with Crippen LogP contribution in [0.3, 0.4) is 0 Å². The molecule has 0 radical (unpaired) electrons. The molecule has 23 heavy (non-hydrogen) atoms. The second kappa shape index (κ2) is 7.15. The molecule has 0 amide bonds. The van der Waals surface area contributed by atoms with Gasteiger partial charge in [-0.25, -0.2) is 4.68 Å². The minimum Gasteiger partial charge on any atom is -0.370 e. The normalized spacial score (nSPS) is 18.5. The van der Waals surface area contributed by atoms with Crippen LogP contribution in [-0.4, -0.2) is 48.4 Å². The summed E-state index contributed by atoms with van der Waals surface area (Å²) in [5.41, 5.74) is 2.67. The molecule has 0 aliphatic carbocycles. The summed E-state index contributed by atoms with van der Waals surface area (Å²) in [5.74, 6) is 1.70. The fourth-order valence-corrected chi connectivity index (χ4v) is 3.13. The Morgan fingerprint density at radius 3 is 2.83 bits per heavy atom. The Balaban J connectivity index is 1.53. The number of nitrogens with one attached hydrogen (secondary N) is 2. The molecular formula is C18H27N5. The van der Waals surface area contributed by atoms with E-state index in [0.717, 1.165) is 32.0 Å². The van der Waals surface area contributed by atoms with Crippen molar-refractivity contribution >= 4 is 5.82 Å². The molecule has 0 bridgehead atoms. The van der Waals surface area contributed by atoms with E-state index >= 15 is 0 Å². The number of hydrogen-bond acceptors (Lipinski definition) is 4. The van der Waals surface area contributed by atoms with E-state index < -0.39 is 0 Å². The summed E-state index contributed by atoms with van der Waals surface area (Å²) >= 11 is 0. The quantitative estimate of drug-likeness (QED) is 0.857. The summed E-state index contributed by atoms with van der Waals surface area (Å²) in [6, 6.07) is 11.3. The first-order valence-corrected chi connectivity index (χ1v) is 8.33. The van der Waals surface area contributed by atoms with Crippen molar-refractivity contribution in [2.45, 2.75) is 19.5 Å². The maximum absolute atomic E-state index is 4.35. The van der Waals surface area contributed by atoms with Crippen LogP contribution in [-0.2, 0) is 6.54 Å². The second-order valence-corrected chi connectivity index (χ2v) is 6.69. The number of anilines is 1. The number of aryl methyl sites for hydroxylation is 1. The van der Waals surface area contributed by atoms with Crippen molar-refractivity contribution in [1.82, 2.24) is 20.0 Å². The predicted octanol–water partition coefficient (Wildman–Crippen LogP) is 2.13. The Hall–Kier alpha value is -1.85. The Morgan fingerprint density at radius 2 is 2.09 bits per heavy atom. The molecule has 0 spiro atoms. The average molecular weight is 313 g/mol. The molecule has 0 unspecified atom stereocenters. The van der Waals surface area contributed by atoms with E-state index in [2.05, 4.69) is 70.6 Å². The van der Waals surface area contributed by atoms with Crippen LogP contribution in [0, 0.1) is 12.8 Å². The number of nitrogens with zero attached hydrogens (tertiary/aromatic N) is 3. The number of rotatable bonds is 6. The Kier molecular flexibility index (Phi) is 4.98. The summed E-state index contributed by atoms with van der Waals surface area (Å²) in [5, 5.41) is 11.4. The highest BCUT2D eigenvalue weighted by atomic mass is 15.3. The molecule has 1 aliphatic rings. The topological polar surface area (TPSA) is 45.1 Å². The second-order valence-electron chi connectivity index (χ2n) is 6.69. The van der Waals surface area contributed by atoms with E-state index in [0.29, 0.717) is 12.0 Å². The molecule has 1 aromatic carbocycles. The van der Waals surface area contributed by atoms with Gasteiger partial charge in [-0.15, -0.1) is 0 Å². The number of fused-ring (bicyclic) bond motifs is 1. The summed E-state index contributed by atoms with van der Waals surface area (Å²) in [7, 11) is 4.29. The van der Waals surface area contributed by atoms with Gasteiger partial charge in [-0.1, -0.05) is 29.8 Å². The third-order valence-electron chi connectivity index (χ3n) is 4.58. The van der Waals surface area contributed by atoms with Crippen molar-refractivity contribution in [3.63, 3.8) is 0 Å². The largest absolute Gasteiger partial charge is 0.370 e. The smallest absolute Gasteiger partial charge is 0.124 e. The van der Waals surface area contributed by atoms with Crippen molar-refractivity contribution in [3.8, 4) is 0 Å². The van der Waals surface area contributed by atoms with Crippen LogP contribution in [0.25, 0.3) is 0 Å². The molecule has 2 atom stereocenters. The predicted molar refractivity (Wildman–Crippen MR) is 94.7 cm³/mol. The third-order valence-corrected chi connectivity index (χ3v) is 4.58. The van der Waals surface area contributed by atoms with Gasteiger partial charge in [0.25, 0.3) is 0 Å². The maximum atomic E-state index is 4.35. The van der Waals surface area contributed by atoms with Gasteiger partial charge in [-0.05, 0) is 26.6 Å². The van der Waals surface area contributed by atoms with E-state index in [1.807, 2.05) is 12.3 Å². The van der Waals surface area contributed by atoms with Crippen LogP contribution in [0.5, 0.6) is 0 Å². The number of aromatic nitrogens is 2. The molecule has 5 nitrogen and oxygen atoms in total. The van der Waals surface area contributed by atoms with E-state index in [9.17, 15) is 0 Å². The maximum Gasteiger partial charge on any atom is 0.124 e. The Bertz CT molecular complexity index is 617. The first-order chi connectivity index (χ1) is 11.1. The SMILES string of the molecule is Cc1ccc([C@H](CNC[C@@H]2CNc3ccnn3C2)N(C)C)cc1. The molecule has 5 heteroatoms. The summed E-state index contributed by atoms with van der Waals surface area (Å²) in [6.07, 6.45) is 1.86. The first-order valence-electron chi connectivity index (χ1n) is 8.33. The molecule has 3 rings (SSSR count). The van der Waals surface area contributed by atoms with Crippen LogP contribution >= 0.6 is 0 Å². The molecule has 2 aromatic rings. The lowest BCUT2D eigenvalue weighted by Gasteiger charge is -2.28. The number of benzene rings is 1. The molecule has 1 aliphatic heterocycles. The van der Waals surface area contributed by atoms with Gasteiger partial charge >= 0.3 is 0 Å². The van der Waals surface area contributed by atoms with Gasteiger partial charge in [0, 0.05) is 44.2 Å². The Labute approximate surface area is 138 Å². The molecule has 1 aromatic heterocycles. The van der Waals surface area contributed by atoms with E-state index in [-0.39, 0.29) is 0 Å². The van der Waals surface area contributed by atoms with Crippen molar-refractivity contribution in [2.24, 2.45) is 5.92 Å². The number of likely N-dealkylation sites (N-methyl/N-ethyl adjacent to an activating group) is 1. The minimum absolute atomic E-state index is 0.396. The van der Waals surface area contributed by atoms with Gasteiger partial charge in [0.05, 0.1) is 6.20 Å². The van der Waals surface area contributed by atoms with Crippen molar-refractivity contribution in [3.05, 3.63) is 47.7 Å². The van der Waals surface area contributed by atoms with Crippen molar-refractivity contribution < 1.29 is 0 Å². The fourth-order valence-electron chi connectivity index (χ4n) is 3.13. The van der Waals surface area contributed by atoms with Crippen LogP contribution < -0.4 is 10.6 Å².